The Bertz CT molecular complexity index is 567. The zero-order chi connectivity index (χ0) is 10.3. The minimum Gasteiger partial charge on any atom is -0.297 e. The first-order valence-electron chi connectivity index (χ1n) is 3.63. The maximum absolute atomic E-state index is 13.1. The number of benzene rings is 1. The van der Waals surface area contributed by atoms with E-state index >= 15 is 0 Å². The molecule has 14 heavy (non-hydrogen) atoms. The minimum atomic E-state index is -1.21. The minimum absolute atomic E-state index is 0.0256. The lowest BCUT2D eigenvalue weighted by molar-refractivity contribution is 0.516. The summed E-state index contributed by atoms with van der Waals surface area (Å²) in [5.41, 5.74) is -0.769. The van der Waals surface area contributed by atoms with Crippen molar-refractivity contribution in [1.29, 1.82) is 0 Å². The van der Waals surface area contributed by atoms with Gasteiger partial charge < -0.3 is 0 Å². The van der Waals surface area contributed by atoms with Gasteiger partial charge in [-0.2, -0.15) is 0 Å². The van der Waals surface area contributed by atoms with Gasteiger partial charge in [0.1, 0.15) is 5.39 Å². The molecule has 3 nitrogen and oxygen atoms in total. The van der Waals surface area contributed by atoms with Crippen LogP contribution in [0.4, 0.5) is 8.78 Å². The molecule has 0 unspecified atom stereocenters. The maximum atomic E-state index is 13.1. The van der Waals surface area contributed by atoms with Crippen molar-refractivity contribution in [1.82, 2.24) is 9.97 Å². The fourth-order valence-corrected chi connectivity index (χ4v) is 1.32. The summed E-state index contributed by atoms with van der Waals surface area (Å²) in [5.74, 6) is -2.31. The number of aromatic nitrogens is 2. The van der Waals surface area contributed by atoms with Gasteiger partial charge in [0.25, 0.3) is 5.56 Å². The van der Waals surface area contributed by atoms with E-state index < -0.39 is 22.6 Å². The Hall–Kier alpha value is -1.49. The molecule has 0 aliphatic heterocycles. The number of aromatic amines is 1. The highest BCUT2D eigenvalue weighted by molar-refractivity contribution is 6.28. The Labute approximate surface area is 81.3 Å². The second-order valence-electron chi connectivity index (χ2n) is 2.61. The number of H-pyrrole nitrogens is 1. The molecule has 1 aromatic carbocycles. The summed E-state index contributed by atoms with van der Waals surface area (Å²) in [6, 6.07) is 2.08. The van der Waals surface area contributed by atoms with E-state index in [1.807, 2.05) is 0 Å². The Morgan fingerprint density at radius 2 is 2.07 bits per heavy atom. The zero-order valence-electron chi connectivity index (χ0n) is 6.64. The molecule has 0 aliphatic rings. The summed E-state index contributed by atoms with van der Waals surface area (Å²) in [4.78, 5) is 16.9. The van der Waals surface area contributed by atoms with E-state index in [9.17, 15) is 13.6 Å². The van der Waals surface area contributed by atoms with Crippen LogP contribution >= 0.6 is 11.6 Å². The first-order chi connectivity index (χ1) is 6.59. The molecule has 72 valence electrons. The van der Waals surface area contributed by atoms with E-state index in [2.05, 4.69) is 9.97 Å². The van der Waals surface area contributed by atoms with Crippen LogP contribution in [0, 0.1) is 11.6 Å². The number of rotatable bonds is 0. The molecular formula is C8H3ClF2N2O. The molecule has 0 atom stereocenters. The van der Waals surface area contributed by atoms with E-state index in [0.29, 0.717) is 0 Å². The molecule has 1 aromatic heterocycles. The van der Waals surface area contributed by atoms with Crippen LogP contribution < -0.4 is 5.56 Å². The summed E-state index contributed by atoms with van der Waals surface area (Å²) >= 11 is 5.43. The van der Waals surface area contributed by atoms with Crippen molar-refractivity contribution in [3.63, 3.8) is 0 Å². The molecule has 0 saturated carbocycles. The third-order valence-corrected chi connectivity index (χ3v) is 1.91. The summed E-state index contributed by atoms with van der Waals surface area (Å²) in [7, 11) is 0. The van der Waals surface area contributed by atoms with Gasteiger partial charge in [-0.1, -0.05) is 0 Å². The molecule has 2 rings (SSSR count). The van der Waals surface area contributed by atoms with Crippen LogP contribution in [-0.2, 0) is 0 Å². The largest absolute Gasteiger partial charge is 0.297 e. The molecule has 1 heterocycles. The number of fused-ring (bicyclic) bond motifs is 1. The van der Waals surface area contributed by atoms with Crippen molar-refractivity contribution >= 4 is 22.5 Å². The number of nitrogens with one attached hydrogen (secondary N) is 1. The molecule has 6 heteroatoms. The van der Waals surface area contributed by atoms with Crippen LogP contribution in [-0.4, -0.2) is 9.97 Å². The number of hydrogen-bond donors (Lipinski definition) is 1. The maximum Gasteiger partial charge on any atom is 0.262 e. The van der Waals surface area contributed by atoms with E-state index in [0.717, 1.165) is 6.07 Å². The van der Waals surface area contributed by atoms with Crippen LogP contribution in [0.15, 0.2) is 16.9 Å². The third-order valence-electron chi connectivity index (χ3n) is 1.74. The Morgan fingerprint density at radius 1 is 1.36 bits per heavy atom. The van der Waals surface area contributed by atoms with Gasteiger partial charge in [0, 0.05) is 0 Å². The second-order valence-corrected chi connectivity index (χ2v) is 2.97. The van der Waals surface area contributed by atoms with Gasteiger partial charge in [-0.15, -0.1) is 0 Å². The molecule has 0 bridgehead atoms. The van der Waals surface area contributed by atoms with Gasteiger partial charge in [0.2, 0.25) is 5.28 Å². The van der Waals surface area contributed by atoms with Crippen LogP contribution in [0.1, 0.15) is 0 Å². The van der Waals surface area contributed by atoms with Crippen LogP contribution in [0.2, 0.25) is 5.28 Å². The first-order valence-corrected chi connectivity index (χ1v) is 4.01. The monoisotopic (exact) mass is 216 g/mol. The standard InChI is InChI=1S/C8H3ClF2N2O/c9-8-12-4-2-1-3(10)6(11)5(4)7(14)13-8/h1-2H,(H,12,13,14). The van der Waals surface area contributed by atoms with E-state index in [-0.39, 0.29) is 10.8 Å². The molecule has 0 saturated heterocycles. The summed E-state index contributed by atoms with van der Waals surface area (Å²) in [6.45, 7) is 0. The van der Waals surface area contributed by atoms with Gasteiger partial charge in [-0.05, 0) is 23.7 Å². The van der Waals surface area contributed by atoms with Gasteiger partial charge in [-0.25, -0.2) is 13.8 Å². The molecule has 0 amide bonds. The highest BCUT2D eigenvalue weighted by Crippen LogP contribution is 2.15. The smallest absolute Gasteiger partial charge is 0.262 e. The van der Waals surface area contributed by atoms with Crippen LogP contribution in [0.5, 0.6) is 0 Å². The highest BCUT2D eigenvalue weighted by atomic mass is 35.5. The summed E-state index contributed by atoms with van der Waals surface area (Å²) in [6.07, 6.45) is 0. The highest BCUT2D eigenvalue weighted by Gasteiger charge is 2.11. The topological polar surface area (TPSA) is 45.8 Å². The van der Waals surface area contributed by atoms with E-state index in [1.165, 1.54) is 6.07 Å². The van der Waals surface area contributed by atoms with Gasteiger partial charge in [-0.3, -0.25) is 9.78 Å². The molecule has 0 fully saturated rings. The SMILES string of the molecule is O=c1[nH]c(Cl)nc2ccc(F)c(F)c12. The molecule has 0 radical (unpaired) electrons. The number of nitrogens with zero attached hydrogens (tertiary/aromatic N) is 1. The Morgan fingerprint density at radius 3 is 2.79 bits per heavy atom. The Kier molecular flexibility index (Phi) is 1.96. The predicted molar refractivity (Wildman–Crippen MR) is 47.3 cm³/mol. The fourth-order valence-electron chi connectivity index (χ4n) is 1.14. The molecule has 0 spiro atoms. The van der Waals surface area contributed by atoms with Crippen LogP contribution in [0.25, 0.3) is 10.9 Å². The average molecular weight is 217 g/mol. The van der Waals surface area contributed by atoms with Crippen molar-refractivity contribution in [2.45, 2.75) is 0 Å². The molecule has 0 aliphatic carbocycles. The van der Waals surface area contributed by atoms with Gasteiger partial charge >= 0.3 is 0 Å². The van der Waals surface area contributed by atoms with Crippen molar-refractivity contribution in [2.24, 2.45) is 0 Å². The first kappa shape index (κ1) is 9.08. The lowest BCUT2D eigenvalue weighted by atomic mass is 10.2. The molecule has 1 N–H and O–H groups in total. The zero-order valence-corrected chi connectivity index (χ0v) is 7.40. The second kappa shape index (κ2) is 3.02. The van der Waals surface area contributed by atoms with E-state index in [1.54, 1.807) is 0 Å². The number of halogens is 3. The van der Waals surface area contributed by atoms with Gasteiger partial charge in [0.05, 0.1) is 5.52 Å². The normalized spacial score (nSPS) is 10.8. The lowest BCUT2D eigenvalue weighted by Crippen LogP contribution is -2.10. The quantitative estimate of drug-likeness (QED) is 0.683. The fraction of sp³-hybridized carbons (Fsp3) is 0. The van der Waals surface area contributed by atoms with Crippen LogP contribution in [0.3, 0.4) is 0 Å². The third kappa shape index (κ3) is 1.26. The average Bonchev–Trinajstić information content (AvgIpc) is 2.10. The summed E-state index contributed by atoms with van der Waals surface area (Å²) < 4.78 is 25.9. The lowest BCUT2D eigenvalue weighted by Gasteiger charge is -1.98. The summed E-state index contributed by atoms with van der Waals surface area (Å²) in [5, 5.41) is -0.581. The Balaban J connectivity index is 3.03. The van der Waals surface area contributed by atoms with Crippen molar-refractivity contribution in [2.75, 3.05) is 0 Å². The predicted octanol–water partition coefficient (Wildman–Crippen LogP) is 1.85. The molecular weight excluding hydrogens is 214 g/mol. The van der Waals surface area contributed by atoms with Gasteiger partial charge in [0.15, 0.2) is 11.6 Å². The molecule has 2 aromatic rings. The van der Waals surface area contributed by atoms with Crippen molar-refractivity contribution in [3.05, 3.63) is 39.4 Å². The van der Waals surface area contributed by atoms with E-state index in [4.69, 9.17) is 11.6 Å². The number of hydrogen-bond acceptors (Lipinski definition) is 2. The van der Waals surface area contributed by atoms with Crippen molar-refractivity contribution in [3.8, 4) is 0 Å². The van der Waals surface area contributed by atoms with Crippen molar-refractivity contribution < 1.29 is 8.78 Å².